The third-order valence-electron chi connectivity index (χ3n) is 2.24. The molecule has 0 saturated carbocycles. The Morgan fingerprint density at radius 2 is 2.33 bits per heavy atom. The molecule has 0 spiro atoms. The second-order valence-corrected chi connectivity index (χ2v) is 3.43. The van der Waals surface area contributed by atoms with Crippen molar-refractivity contribution in [3.8, 4) is 0 Å². The minimum Gasteiger partial charge on any atom is -0.356 e. The van der Waals surface area contributed by atoms with E-state index < -0.39 is 0 Å². The fourth-order valence-corrected chi connectivity index (χ4v) is 1.52. The Hall–Kier alpha value is -1.29. The molecule has 4 heteroatoms. The average molecular weight is 209 g/mol. The van der Waals surface area contributed by atoms with Gasteiger partial charge in [0, 0.05) is 37.9 Å². The summed E-state index contributed by atoms with van der Waals surface area (Å²) in [4.78, 5) is 11.3. The molecule has 0 aromatic carbocycles. The highest BCUT2D eigenvalue weighted by atomic mass is 16.1. The molecule has 0 bridgehead atoms. The van der Waals surface area contributed by atoms with E-state index in [4.69, 9.17) is 0 Å². The molecule has 0 aliphatic rings. The maximum atomic E-state index is 11.3. The molecule has 15 heavy (non-hydrogen) atoms. The van der Waals surface area contributed by atoms with Crippen LogP contribution in [0.2, 0.25) is 0 Å². The van der Waals surface area contributed by atoms with Gasteiger partial charge in [0.2, 0.25) is 5.91 Å². The number of nitrogens with zero attached hydrogens (tertiary/aromatic N) is 1. The van der Waals surface area contributed by atoms with Crippen LogP contribution in [0.15, 0.2) is 18.3 Å². The minimum atomic E-state index is 0.113. The second-order valence-electron chi connectivity index (χ2n) is 3.43. The minimum absolute atomic E-state index is 0.113. The highest BCUT2D eigenvalue weighted by Crippen LogP contribution is 2.03. The zero-order valence-corrected chi connectivity index (χ0v) is 9.42. The summed E-state index contributed by atoms with van der Waals surface area (Å²) in [6, 6.07) is 4.07. The van der Waals surface area contributed by atoms with Gasteiger partial charge in [0.1, 0.15) is 0 Å². The van der Waals surface area contributed by atoms with Crippen molar-refractivity contribution in [1.82, 2.24) is 15.2 Å². The van der Waals surface area contributed by atoms with E-state index >= 15 is 0 Å². The summed E-state index contributed by atoms with van der Waals surface area (Å²) in [7, 11) is 1.92. The SMILES string of the molecule is CCNC(=O)CCn1cccc1CNC. The Labute approximate surface area is 90.7 Å². The van der Waals surface area contributed by atoms with Crippen LogP contribution in [0.4, 0.5) is 0 Å². The molecule has 1 aromatic rings. The average Bonchev–Trinajstić information content (AvgIpc) is 2.64. The molecule has 0 aliphatic heterocycles. The number of carbonyl (C=O) groups is 1. The standard InChI is InChI=1S/C11H19N3O/c1-3-13-11(15)6-8-14-7-4-5-10(14)9-12-2/h4-5,7,12H,3,6,8-9H2,1-2H3,(H,13,15). The molecule has 4 nitrogen and oxygen atoms in total. The molecule has 1 aromatic heterocycles. The Kier molecular flexibility index (Phi) is 4.90. The number of aryl methyl sites for hydroxylation is 1. The van der Waals surface area contributed by atoms with Gasteiger partial charge in [-0.15, -0.1) is 0 Å². The molecular weight excluding hydrogens is 190 g/mol. The maximum Gasteiger partial charge on any atom is 0.221 e. The lowest BCUT2D eigenvalue weighted by Crippen LogP contribution is -2.24. The molecule has 1 amide bonds. The van der Waals surface area contributed by atoms with Crippen molar-refractivity contribution < 1.29 is 4.79 Å². The number of amides is 1. The van der Waals surface area contributed by atoms with Gasteiger partial charge in [-0.05, 0) is 26.1 Å². The van der Waals surface area contributed by atoms with Crippen molar-refractivity contribution in [2.75, 3.05) is 13.6 Å². The first kappa shape index (κ1) is 11.8. The van der Waals surface area contributed by atoms with Gasteiger partial charge in [0.15, 0.2) is 0 Å². The van der Waals surface area contributed by atoms with Gasteiger partial charge in [-0.2, -0.15) is 0 Å². The normalized spacial score (nSPS) is 10.3. The van der Waals surface area contributed by atoms with Crippen LogP contribution >= 0.6 is 0 Å². The lowest BCUT2D eigenvalue weighted by molar-refractivity contribution is -0.121. The molecule has 0 radical (unpaired) electrons. The van der Waals surface area contributed by atoms with Crippen LogP contribution in [0.5, 0.6) is 0 Å². The Balaban J connectivity index is 2.42. The van der Waals surface area contributed by atoms with Crippen molar-refractivity contribution in [3.63, 3.8) is 0 Å². The highest BCUT2D eigenvalue weighted by molar-refractivity contribution is 5.75. The first-order valence-corrected chi connectivity index (χ1v) is 5.33. The zero-order valence-electron chi connectivity index (χ0n) is 9.42. The molecule has 0 unspecified atom stereocenters. The molecule has 0 fully saturated rings. The zero-order chi connectivity index (χ0) is 11.1. The molecule has 1 heterocycles. The van der Waals surface area contributed by atoms with Gasteiger partial charge in [0.25, 0.3) is 0 Å². The van der Waals surface area contributed by atoms with Gasteiger partial charge in [0.05, 0.1) is 0 Å². The summed E-state index contributed by atoms with van der Waals surface area (Å²) >= 11 is 0. The molecule has 0 atom stereocenters. The predicted molar refractivity (Wildman–Crippen MR) is 60.5 cm³/mol. The van der Waals surface area contributed by atoms with Crippen molar-refractivity contribution in [3.05, 3.63) is 24.0 Å². The first-order valence-electron chi connectivity index (χ1n) is 5.33. The van der Waals surface area contributed by atoms with E-state index in [2.05, 4.69) is 21.3 Å². The summed E-state index contributed by atoms with van der Waals surface area (Å²) in [5.41, 5.74) is 1.21. The van der Waals surface area contributed by atoms with Gasteiger partial charge in [-0.1, -0.05) is 0 Å². The fraction of sp³-hybridized carbons (Fsp3) is 0.545. The molecule has 0 saturated heterocycles. The van der Waals surface area contributed by atoms with E-state index in [1.807, 2.05) is 26.2 Å². The molecular formula is C11H19N3O. The second kappa shape index (κ2) is 6.24. The fourth-order valence-electron chi connectivity index (χ4n) is 1.52. The number of rotatable bonds is 6. The lowest BCUT2D eigenvalue weighted by Gasteiger charge is -2.08. The van der Waals surface area contributed by atoms with Crippen molar-refractivity contribution >= 4 is 5.91 Å². The van der Waals surface area contributed by atoms with Gasteiger partial charge in [-0.3, -0.25) is 4.79 Å². The highest BCUT2D eigenvalue weighted by Gasteiger charge is 2.02. The van der Waals surface area contributed by atoms with Crippen molar-refractivity contribution in [2.24, 2.45) is 0 Å². The van der Waals surface area contributed by atoms with Gasteiger partial charge >= 0.3 is 0 Å². The molecule has 2 N–H and O–H groups in total. The third kappa shape index (κ3) is 3.75. The summed E-state index contributed by atoms with van der Waals surface area (Å²) < 4.78 is 2.10. The Morgan fingerprint density at radius 3 is 3.00 bits per heavy atom. The van der Waals surface area contributed by atoms with Crippen molar-refractivity contribution in [1.29, 1.82) is 0 Å². The Morgan fingerprint density at radius 1 is 1.53 bits per heavy atom. The topological polar surface area (TPSA) is 46.1 Å². The van der Waals surface area contributed by atoms with Crippen LogP contribution in [0.1, 0.15) is 19.0 Å². The number of hydrogen-bond acceptors (Lipinski definition) is 2. The van der Waals surface area contributed by atoms with Crippen LogP contribution in [-0.4, -0.2) is 24.1 Å². The van der Waals surface area contributed by atoms with Gasteiger partial charge < -0.3 is 15.2 Å². The van der Waals surface area contributed by atoms with Gasteiger partial charge in [-0.25, -0.2) is 0 Å². The summed E-state index contributed by atoms with van der Waals surface area (Å²) in [5, 5.41) is 5.89. The van der Waals surface area contributed by atoms with Crippen LogP contribution in [-0.2, 0) is 17.9 Å². The Bertz CT molecular complexity index is 307. The monoisotopic (exact) mass is 209 g/mol. The molecule has 0 aliphatic carbocycles. The van der Waals surface area contributed by atoms with E-state index in [-0.39, 0.29) is 5.91 Å². The lowest BCUT2D eigenvalue weighted by atomic mass is 10.3. The van der Waals surface area contributed by atoms with E-state index in [0.717, 1.165) is 13.1 Å². The number of carbonyl (C=O) groups excluding carboxylic acids is 1. The van der Waals surface area contributed by atoms with E-state index in [9.17, 15) is 4.79 Å². The van der Waals surface area contributed by atoms with Crippen LogP contribution in [0.3, 0.4) is 0 Å². The van der Waals surface area contributed by atoms with E-state index in [1.54, 1.807) is 0 Å². The summed E-state index contributed by atoms with van der Waals surface area (Å²) in [6.07, 6.45) is 2.55. The number of nitrogens with one attached hydrogen (secondary N) is 2. The summed E-state index contributed by atoms with van der Waals surface area (Å²) in [6.45, 7) is 4.21. The smallest absolute Gasteiger partial charge is 0.221 e. The predicted octanol–water partition coefficient (Wildman–Crippen LogP) is 0.734. The molecule has 1 rings (SSSR count). The van der Waals surface area contributed by atoms with E-state index in [1.165, 1.54) is 5.69 Å². The van der Waals surface area contributed by atoms with Crippen molar-refractivity contribution in [2.45, 2.75) is 26.4 Å². The van der Waals surface area contributed by atoms with E-state index in [0.29, 0.717) is 13.0 Å². The van der Waals surface area contributed by atoms with Crippen LogP contribution in [0.25, 0.3) is 0 Å². The third-order valence-corrected chi connectivity index (χ3v) is 2.24. The van der Waals surface area contributed by atoms with Crippen LogP contribution < -0.4 is 10.6 Å². The number of aromatic nitrogens is 1. The molecule has 84 valence electrons. The first-order chi connectivity index (χ1) is 7.27. The number of hydrogen-bond donors (Lipinski definition) is 2. The maximum absolute atomic E-state index is 11.3. The quantitative estimate of drug-likeness (QED) is 0.725. The van der Waals surface area contributed by atoms with Crippen LogP contribution in [0, 0.1) is 0 Å². The largest absolute Gasteiger partial charge is 0.356 e. The summed E-state index contributed by atoms with van der Waals surface area (Å²) in [5.74, 6) is 0.113.